The summed E-state index contributed by atoms with van der Waals surface area (Å²) in [6.45, 7) is 3.15. The van der Waals surface area contributed by atoms with Gasteiger partial charge in [0.25, 0.3) is 0 Å². The number of nitrogens with one attached hydrogen (secondary N) is 1. The Morgan fingerprint density at radius 2 is 2.31 bits per heavy atom. The number of aliphatic hydroxyl groups excluding tert-OH is 1. The van der Waals surface area contributed by atoms with Crippen molar-refractivity contribution in [2.45, 2.75) is 44.7 Å². The standard InChI is InChI=1S/C12H21N3O/c1-3-10-7-11(15(2)14-10)8-13-12(9-16)5-4-6-12/h7,13,16H,3-6,8-9H2,1-2H3. The molecule has 1 aliphatic rings. The van der Waals surface area contributed by atoms with Crippen LogP contribution in [0.5, 0.6) is 0 Å². The summed E-state index contributed by atoms with van der Waals surface area (Å²) in [6, 6.07) is 2.14. The van der Waals surface area contributed by atoms with Gasteiger partial charge in [-0.25, -0.2) is 0 Å². The first-order chi connectivity index (χ1) is 7.69. The van der Waals surface area contributed by atoms with Gasteiger partial charge in [-0.1, -0.05) is 6.92 Å². The zero-order valence-corrected chi connectivity index (χ0v) is 10.2. The van der Waals surface area contributed by atoms with Gasteiger partial charge in [0.15, 0.2) is 0 Å². The maximum Gasteiger partial charge on any atom is 0.0625 e. The molecule has 2 N–H and O–H groups in total. The minimum Gasteiger partial charge on any atom is -0.394 e. The molecular formula is C12H21N3O. The second-order valence-electron chi connectivity index (χ2n) is 4.75. The van der Waals surface area contributed by atoms with Crippen molar-refractivity contribution in [3.63, 3.8) is 0 Å². The van der Waals surface area contributed by atoms with Crippen molar-refractivity contribution in [1.29, 1.82) is 0 Å². The van der Waals surface area contributed by atoms with E-state index in [1.807, 2.05) is 11.7 Å². The van der Waals surface area contributed by atoms with Crippen molar-refractivity contribution >= 4 is 0 Å². The Bertz CT molecular complexity index is 350. The number of hydrogen-bond donors (Lipinski definition) is 2. The monoisotopic (exact) mass is 223 g/mol. The summed E-state index contributed by atoms with van der Waals surface area (Å²) >= 11 is 0. The number of nitrogens with zero attached hydrogens (tertiary/aromatic N) is 2. The van der Waals surface area contributed by atoms with E-state index >= 15 is 0 Å². The zero-order chi connectivity index (χ0) is 11.6. The van der Waals surface area contributed by atoms with E-state index in [1.165, 1.54) is 12.1 Å². The first kappa shape index (κ1) is 11.6. The van der Waals surface area contributed by atoms with Crippen LogP contribution < -0.4 is 5.32 Å². The molecular weight excluding hydrogens is 202 g/mol. The molecule has 2 rings (SSSR count). The van der Waals surface area contributed by atoms with Crippen molar-refractivity contribution in [2.24, 2.45) is 7.05 Å². The van der Waals surface area contributed by atoms with Crippen LogP contribution in [0.25, 0.3) is 0 Å². The number of hydrogen-bond acceptors (Lipinski definition) is 3. The van der Waals surface area contributed by atoms with Crippen LogP contribution in [0.4, 0.5) is 0 Å². The van der Waals surface area contributed by atoms with Gasteiger partial charge in [0.1, 0.15) is 0 Å². The van der Waals surface area contributed by atoms with E-state index < -0.39 is 0 Å². The molecule has 0 aromatic carbocycles. The summed E-state index contributed by atoms with van der Waals surface area (Å²) in [5, 5.41) is 17.2. The molecule has 0 amide bonds. The van der Waals surface area contributed by atoms with E-state index in [9.17, 15) is 5.11 Å². The van der Waals surface area contributed by atoms with Crippen molar-refractivity contribution in [2.75, 3.05) is 6.61 Å². The molecule has 1 heterocycles. The van der Waals surface area contributed by atoms with Crippen LogP contribution in [0, 0.1) is 0 Å². The van der Waals surface area contributed by atoms with Gasteiger partial charge >= 0.3 is 0 Å². The SMILES string of the molecule is CCc1cc(CNC2(CO)CCC2)n(C)n1. The summed E-state index contributed by atoms with van der Waals surface area (Å²) in [7, 11) is 1.97. The van der Waals surface area contributed by atoms with E-state index in [4.69, 9.17) is 0 Å². The molecule has 1 fully saturated rings. The maximum absolute atomic E-state index is 9.35. The third-order valence-electron chi connectivity index (χ3n) is 3.65. The van der Waals surface area contributed by atoms with Gasteiger partial charge in [-0.15, -0.1) is 0 Å². The molecule has 1 aliphatic carbocycles. The Kier molecular flexibility index (Phi) is 3.30. The molecule has 0 radical (unpaired) electrons. The highest BCUT2D eigenvalue weighted by atomic mass is 16.3. The van der Waals surface area contributed by atoms with Gasteiger partial charge in [-0.05, 0) is 31.7 Å². The van der Waals surface area contributed by atoms with Gasteiger partial charge in [0, 0.05) is 19.1 Å². The molecule has 0 aliphatic heterocycles. The first-order valence-corrected chi connectivity index (χ1v) is 6.07. The minimum atomic E-state index is -0.0172. The van der Waals surface area contributed by atoms with Gasteiger partial charge < -0.3 is 10.4 Å². The second-order valence-corrected chi connectivity index (χ2v) is 4.75. The predicted molar refractivity (Wildman–Crippen MR) is 63.1 cm³/mol. The Balaban J connectivity index is 1.96. The van der Waals surface area contributed by atoms with Crippen LogP contribution in [0.1, 0.15) is 37.6 Å². The largest absolute Gasteiger partial charge is 0.394 e. The summed E-state index contributed by atoms with van der Waals surface area (Å²) in [5.74, 6) is 0. The molecule has 0 atom stereocenters. The molecule has 4 heteroatoms. The molecule has 16 heavy (non-hydrogen) atoms. The molecule has 4 nitrogen and oxygen atoms in total. The minimum absolute atomic E-state index is 0.0172. The Morgan fingerprint density at radius 1 is 1.56 bits per heavy atom. The Hall–Kier alpha value is -0.870. The number of aryl methyl sites for hydroxylation is 2. The van der Waals surface area contributed by atoms with Crippen LogP contribution in [-0.2, 0) is 20.0 Å². The van der Waals surface area contributed by atoms with E-state index in [2.05, 4.69) is 23.4 Å². The summed E-state index contributed by atoms with van der Waals surface area (Å²) < 4.78 is 1.93. The van der Waals surface area contributed by atoms with Gasteiger partial charge in [0.05, 0.1) is 18.0 Å². The lowest BCUT2D eigenvalue weighted by Gasteiger charge is -2.41. The van der Waals surface area contributed by atoms with E-state index in [0.717, 1.165) is 31.5 Å². The van der Waals surface area contributed by atoms with E-state index in [-0.39, 0.29) is 12.1 Å². The number of aliphatic hydroxyl groups is 1. The van der Waals surface area contributed by atoms with E-state index in [0.29, 0.717) is 0 Å². The summed E-state index contributed by atoms with van der Waals surface area (Å²) in [5.41, 5.74) is 2.30. The Labute approximate surface area is 96.7 Å². The quantitative estimate of drug-likeness (QED) is 0.782. The third-order valence-corrected chi connectivity index (χ3v) is 3.65. The lowest BCUT2D eigenvalue weighted by atomic mass is 9.77. The highest BCUT2D eigenvalue weighted by Crippen LogP contribution is 2.31. The topological polar surface area (TPSA) is 50.1 Å². The smallest absolute Gasteiger partial charge is 0.0625 e. The molecule has 1 saturated carbocycles. The average Bonchev–Trinajstić information content (AvgIpc) is 2.59. The fourth-order valence-corrected chi connectivity index (χ4v) is 2.18. The zero-order valence-electron chi connectivity index (χ0n) is 10.2. The highest BCUT2D eigenvalue weighted by Gasteiger charge is 2.35. The maximum atomic E-state index is 9.35. The van der Waals surface area contributed by atoms with Crippen molar-refractivity contribution in [3.05, 3.63) is 17.5 Å². The molecule has 90 valence electrons. The lowest BCUT2D eigenvalue weighted by Crippen LogP contribution is -2.53. The molecule has 0 saturated heterocycles. The van der Waals surface area contributed by atoms with Crippen LogP contribution in [0.3, 0.4) is 0 Å². The molecule has 1 aromatic rings. The lowest BCUT2D eigenvalue weighted by molar-refractivity contribution is 0.0865. The van der Waals surface area contributed by atoms with Crippen molar-refractivity contribution in [3.8, 4) is 0 Å². The number of aromatic nitrogens is 2. The molecule has 0 unspecified atom stereocenters. The molecule has 0 bridgehead atoms. The average molecular weight is 223 g/mol. The van der Waals surface area contributed by atoms with Gasteiger partial charge in [0.2, 0.25) is 0 Å². The van der Waals surface area contributed by atoms with Crippen molar-refractivity contribution in [1.82, 2.24) is 15.1 Å². The number of rotatable bonds is 5. The molecule has 1 aromatic heterocycles. The summed E-state index contributed by atoms with van der Waals surface area (Å²) in [4.78, 5) is 0. The summed E-state index contributed by atoms with van der Waals surface area (Å²) in [6.07, 6.45) is 4.36. The van der Waals surface area contributed by atoms with Gasteiger partial charge in [-0.3, -0.25) is 4.68 Å². The second kappa shape index (κ2) is 4.55. The predicted octanol–water partition coefficient (Wildman–Crippen LogP) is 0.987. The van der Waals surface area contributed by atoms with Crippen LogP contribution in [-0.4, -0.2) is 27.0 Å². The van der Waals surface area contributed by atoms with Crippen molar-refractivity contribution < 1.29 is 5.11 Å². The third kappa shape index (κ3) is 2.13. The fraction of sp³-hybridized carbons (Fsp3) is 0.750. The molecule has 0 spiro atoms. The van der Waals surface area contributed by atoms with Gasteiger partial charge in [-0.2, -0.15) is 5.10 Å². The fourth-order valence-electron chi connectivity index (χ4n) is 2.18. The van der Waals surface area contributed by atoms with Crippen LogP contribution in [0.2, 0.25) is 0 Å². The normalized spacial score (nSPS) is 18.4. The van der Waals surface area contributed by atoms with E-state index in [1.54, 1.807) is 0 Å². The van der Waals surface area contributed by atoms with Crippen LogP contribution in [0.15, 0.2) is 6.07 Å². The highest BCUT2D eigenvalue weighted by molar-refractivity contribution is 5.11. The first-order valence-electron chi connectivity index (χ1n) is 6.07. The van der Waals surface area contributed by atoms with Crippen LogP contribution >= 0.6 is 0 Å². The Morgan fingerprint density at radius 3 is 2.75 bits per heavy atom.